The summed E-state index contributed by atoms with van der Waals surface area (Å²) in [4.78, 5) is 0. The monoisotopic (exact) mass is 193 g/mol. The highest BCUT2D eigenvalue weighted by molar-refractivity contribution is 5.57. The van der Waals surface area contributed by atoms with Gasteiger partial charge in [0.2, 0.25) is 0 Å². The summed E-state index contributed by atoms with van der Waals surface area (Å²) in [7, 11) is 0. The van der Waals surface area contributed by atoms with Crippen molar-refractivity contribution in [1.82, 2.24) is 15.5 Å². The number of rotatable bonds is 1. The summed E-state index contributed by atoms with van der Waals surface area (Å²) in [6, 6.07) is 2.10. The van der Waals surface area contributed by atoms with Gasteiger partial charge in [-0.05, 0) is 25.5 Å². The van der Waals surface area contributed by atoms with Crippen LogP contribution in [-0.4, -0.2) is 16.7 Å². The van der Waals surface area contributed by atoms with Crippen LogP contribution in [0.15, 0.2) is 6.07 Å². The van der Waals surface area contributed by atoms with Crippen molar-refractivity contribution in [2.24, 2.45) is 0 Å². The first-order chi connectivity index (χ1) is 6.77. The lowest BCUT2D eigenvalue weighted by Gasteiger charge is -2.22. The van der Waals surface area contributed by atoms with Crippen molar-refractivity contribution in [3.63, 3.8) is 0 Å². The van der Waals surface area contributed by atoms with E-state index in [2.05, 4.69) is 15.5 Å². The number of anilines is 2. The Morgan fingerprint density at radius 3 is 2.79 bits per heavy atom. The van der Waals surface area contributed by atoms with Gasteiger partial charge in [-0.2, -0.15) is 5.10 Å². The summed E-state index contributed by atoms with van der Waals surface area (Å²) in [6.45, 7) is 1.04. The number of hydrogen-bond donors (Lipinski definition) is 3. The second kappa shape index (κ2) is 3.79. The van der Waals surface area contributed by atoms with E-state index in [-0.39, 0.29) is 0 Å². The second-order valence-electron chi connectivity index (χ2n) is 3.61. The van der Waals surface area contributed by atoms with Gasteiger partial charge in [0.05, 0.1) is 17.4 Å². The number of nitrogen functional groups attached to an aromatic ring is 2. The Balaban J connectivity index is 2.18. The van der Waals surface area contributed by atoms with Crippen molar-refractivity contribution in [2.75, 3.05) is 18.0 Å². The van der Waals surface area contributed by atoms with Gasteiger partial charge in [-0.1, -0.05) is 6.42 Å². The molecule has 1 aliphatic heterocycles. The van der Waals surface area contributed by atoms with E-state index in [1.54, 1.807) is 0 Å². The molecule has 1 aromatic rings. The summed E-state index contributed by atoms with van der Waals surface area (Å²) in [6.07, 6.45) is 3.55. The van der Waals surface area contributed by atoms with Crippen molar-refractivity contribution in [3.05, 3.63) is 11.8 Å². The van der Waals surface area contributed by atoms with Gasteiger partial charge in [0.1, 0.15) is 0 Å². The van der Waals surface area contributed by atoms with Crippen molar-refractivity contribution < 1.29 is 0 Å². The zero-order valence-electron chi connectivity index (χ0n) is 8.03. The molecule has 1 atom stereocenters. The van der Waals surface area contributed by atoms with Crippen LogP contribution in [0.3, 0.4) is 0 Å². The van der Waals surface area contributed by atoms with Crippen LogP contribution in [0.1, 0.15) is 31.0 Å². The van der Waals surface area contributed by atoms with Crippen LogP contribution in [0.2, 0.25) is 0 Å². The molecular weight excluding hydrogens is 178 g/mol. The minimum atomic E-state index is 0.291. The molecule has 14 heavy (non-hydrogen) atoms. The minimum Gasteiger partial charge on any atom is -0.396 e. The molecule has 76 valence electrons. The first-order valence-electron chi connectivity index (χ1n) is 4.89. The first kappa shape index (κ1) is 9.21. The van der Waals surface area contributed by atoms with Crippen LogP contribution in [0.4, 0.5) is 11.5 Å². The van der Waals surface area contributed by atoms with Gasteiger partial charge in [-0.3, -0.25) is 0 Å². The summed E-state index contributed by atoms with van der Waals surface area (Å²) in [5.41, 5.74) is 12.6. The highest BCUT2D eigenvalue weighted by Gasteiger charge is 2.16. The predicted octanol–water partition coefficient (Wildman–Crippen LogP) is 0.456. The van der Waals surface area contributed by atoms with Gasteiger partial charge in [-0.15, -0.1) is 5.10 Å². The molecule has 0 amide bonds. The normalized spacial score (nSPS) is 22.1. The summed E-state index contributed by atoms with van der Waals surface area (Å²) in [5, 5.41) is 11.2. The highest BCUT2D eigenvalue weighted by Crippen LogP contribution is 2.23. The first-order valence-corrected chi connectivity index (χ1v) is 4.89. The van der Waals surface area contributed by atoms with Gasteiger partial charge in [0.15, 0.2) is 5.82 Å². The van der Waals surface area contributed by atoms with E-state index in [4.69, 9.17) is 11.5 Å². The molecule has 5 heteroatoms. The van der Waals surface area contributed by atoms with Gasteiger partial charge < -0.3 is 16.8 Å². The Bertz CT molecular complexity index is 319. The maximum absolute atomic E-state index is 5.67. The lowest BCUT2D eigenvalue weighted by atomic mass is 10.0. The Kier molecular flexibility index (Phi) is 2.49. The average molecular weight is 193 g/mol. The molecule has 2 rings (SSSR count). The fraction of sp³-hybridized carbons (Fsp3) is 0.556. The van der Waals surface area contributed by atoms with Crippen molar-refractivity contribution >= 4 is 11.5 Å². The lowest BCUT2D eigenvalue weighted by molar-refractivity contribution is 0.403. The standard InChI is InChI=1S/C9H15N5/c10-6-5-8(13-14-9(6)11)7-3-1-2-4-12-7/h5,7,12H,1-4H2,(H2,10,13)(H2,11,14). The molecule has 1 saturated heterocycles. The Labute approximate surface area is 82.9 Å². The number of aromatic nitrogens is 2. The molecule has 5 N–H and O–H groups in total. The molecular formula is C9H15N5. The fourth-order valence-corrected chi connectivity index (χ4v) is 1.71. The van der Waals surface area contributed by atoms with E-state index in [0.29, 0.717) is 17.5 Å². The minimum absolute atomic E-state index is 0.291. The smallest absolute Gasteiger partial charge is 0.169 e. The molecule has 0 aromatic carbocycles. The predicted molar refractivity (Wildman–Crippen MR) is 55.5 cm³/mol. The average Bonchev–Trinajstić information content (AvgIpc) is 2.23. The van der Waals surface area contributed by atoms with E-state index in [0.717, 1.165) is 18.7 Å². The van der Waals surface area contributed by atoms with Gasteiger partial charge in [0, 0.05) is 0 Å². The lowest BCUT2D eigenvalue weighted by Crippen LogP contribution is -2.27. The molecule has 1 fully saturated rings. The number of piperidine rings is 1. The van der Waals surface area contributed by atoms with Crippen molar-refractivity contribution in [2.45, 2.75) is 25.3 Å². The zero-order chi connectivity index (χ0) is 9.97. The van der Waals surface area contributed by atoms with E-state index < -0.39 is 0 Å². The number of nitrogens with two attached hydrogens (primary N) is 2. The number of hydrogen-bond acceptors (Lipinski definition) is 5. The Morgan fingerprint density at radius 1 is 1.29 bits per heavy atom. The molecule has 1 aromatic heterocycles. The van der Waals surface area contributed by atoms with E-state index >= 15 is 0 Å². The quantitative estimate of drug-likeness (QED) is 0.602. The molecule has 0 saturated carbocycles. The maximum Gasteiger partial charge on any atom is 0.169 e. The van der Waals surface area contributed by atoms with Crippen LogP contribution < -0.4 is 16.8 Å². The molecule has 5 nitrogen and oxygen atoms in total. The molecule has 0 bridgehead atoms. The Morgan fingerprint density at radius 2 is 2.14 bits per heavy atom. The van der Waals surface area contributed by atoms with Crippen LogP contribution >= 0.6 is 0 Å². The van der Waals surface area contributed by atoms with Crippen LogP contribution in [-0.2, 0) is 0 Å². The molecule has 2 heterocycles. The molecule has 0 spiro atoms. The fourth-order valence-electron chi connectivity index (χ4n) is 1.71. The number of nitrogens with one attached hydrogen (secondary N) is 1. The van der Waals surface area contributed by atoms with Crippen LogP contribution in [0.25, 0.3) is 0 Å². The van der Waals surface area contributed by atoms with Crippen LogP contribution in [0.5, 0.6) is 0 Å². The zero-order valence-corrected chi connectivity index (χ0v) is 8.03. The maximum atomic E-state index is 5.67. The van der Waals surface area contributed by atoms with Crippen molar-refractivity contribution in [1.29, 1.82) is 0 Å². The third kappa shape index (κ3) is 1.77. The third-order valence-electron chi connectivity index (χ3n) is 2.54. The van der Waals surface area contributed by atoms with E-state index in [1.807, 2.05) is 6.07 Å². The second-order valence-corrected chi connectivity index (χ2v) is 3.61. The topological polar surface area (TPSA) is 89.8 Å². The highest BCUT2D eigenvalue weighted by atomic mass is 15.2. The van der Waals surface area contributed by atoms with E-state index in [9.17, 15) is 0 Å². The van der Waals surface area contributed by atoms with Gasteiger partial charge in [-0.25, -0.2) is 0 Å². The van der Waals surface area contributed by atoms with Crippen LogP contribution in [0, 0.1) is 0 Å². The van der Waals surface area contributed by atoms with Gasteiger partial charge in [0.25, 0.3) is 0 Å². The van der Waals surface area contributed by atoms with Crippen molar-refractivity contribution in [3.8, 4) is 0 Å². The third-order valence-corrected chi connectivity index (χ3v) is 2.54. The number of nitrogens with zero attached hydrogens (tertiary/aromatic N) is 2. The summed E-state index contributed by atoms with van der Waals surface area (Å²) < 4.78 is 0. The molecule has 0 radical (unpaired) electrons. The van der Waals surface area contributed by atoms with E-state index in [1.165, 1.54) is 12.8 Å². The van der Waals surface area contributed by atoms with Gasteiger partial charge >= 0.3 is 0 Å². The largest absolute Gasteiger partial charge is 0.396 e. The summed E-state index contributed by atoms with van der Waals surface area (Å²) in [5.74, 6) is 0.310. The molecule has 1 unspecified atom stereocenters. The molecule has 0 aliphatic carbocycles. The summed E-state index contributed by atoms with van der Waals surface area (Å²) >= 11 is 0. The SMILES string of the molecule is Nc1cc(C2CCCCN2)nnc1N. The Hall–Kier alpha value is -1.36. The molecule has 1 aliphatic rings.